The van der Waals surface area contributed by atoms with Gasteiger partial charge in [-0.1, -0.05) is 6.07 Å². The fourth-order valence-corrected chi connectivity index (χ4v) is 2.05. The number of fused-ring (bicyclic) bond motifs is 1. The maximum atomic E-state index is 8.24. The Labute approximate surface area is 108 Å². The first-order valence-corrected chi connectivity index (χ1v) is 6.14. The Morgan fingerprint density at radius 1 is 1.56 bits per heavy atom. The summed E-state index contributed by atoms with van der Waals surface area (Å²) in [5, 5.41) is 11.5. The molecule has 0 fully saturated rings. The van der Waals surface area contributed by atoms with Gasteiger partial charge in [0.15, 0.2) is 0 Å². The van der Waals surface area contributed by atoms with E-state index in [1.54, 1.807) is 0 Å². The molecule has 0 aromatic heterocycles. The lowest BCUT2D eigenvalue weighted by atomic mass is 10.1. The molecule has 0 unspecified atom stereocenters. The van der Waals surface area contributed by atoms with Gasteiger partial charge in [0, 0.05) is 12.5 Å². The lowest BCUT2D eigenvalue weighted by Gasteiger charge is -2.25. The molecular weight excluding hydrogens is 226 g/mol. The van der Waals surface area contributed by atoms with Crippen molar-refractivity contribution in [3.05, 3.63) is 18.2 Å². The summed E-state index contributed by atoms with van der Waals surface area (Å²) in [4.78, 5) is 4.07. The fourth-order valence-electron chi connectivity index (χ4n) is 2.05. The molecule has 0 aliphatic carbocycles. The van der Waals surface area contributed by atoms with E-state index in [1.807, 2.05) is 37.2 Å². The van der Waals surface area contributed by atoms with Crippen LogP contribution in [0.25, 0.3) is 0 Å². The molecular formula is C13H21N5. The predicted octanol–water partition coefficient (Wildman–Crippen LogP) is 1.78. The molecule has 0 bridgehead atoms. The van der Waals surface area contributed by atoms with Crippen molar-refractivity contribution in [2.75, 3.05) is 36.7 Å². The number of nitrogens with two attached hydrogens (primary N) is 1. The van der Waals surface area contributed by atoms with Crippen LogP contribution in [0.15, 0.2) is 18.2 Å². The van der Waals surface area contributed by atoms with Gasteiger partial charge in [0.2, 0.25) is 0 Å². The Morgan fingerprint density at radius 2 is 2.28 bits per heavy atom. The second-order valence-electron chi connectivity index (χ2n) is 4.97. The number of rotatable bonds is 3. The van der Waals surface area contributed by atoms with Crippen molar-refractivity contribution < 1.29 is 0 Å². The molecule has 4 N–H and O–H groups in total. The van der Waals surface area contributed by atoms with E-state index < -0.39 is 0 Å². The molecule has 0 saturated carbocycles. The minimum Gasteiger partial charge on any atom is -0.397 e. The maximum absolute atomic E-state index is 8.24. The number of para-hydroxylation sites is 1. The molecule has 2 rings (SSSR count). The van der Waals surface area contributed by atoms with E-state index in [2.05, 4.69) is 17.1 Å². The van der Waals surface area contributed by atoms with E-state index >= 15 is 0 Å². The SMILES string of the molecule is C[C@@H](CC(=N)N1CNc2cccc(N)c21)N(C)C. The molecule has 1 aromatic carbocycles. The molecule has 0 amide bonds. The van der Waals surface area contributed by atoms with Crippen molar-refractivity contribution >= 4 is 22.9 Å². The van der Waals surface area contributed by atoms with Crippen LogP contribution in [0.1, 0.15) is 13.3 Å². The van der Waals surface area contributed by atoms with E-state index in [4.69, 9.17) is 11.1 Å². The second kappa shape index (κ2) is 4.86. The Hall–Kier alpha value is -1.75. The summed E-state index contributed by atoms with van der Waals surface area (Å²) < 4.78 is 0. The molecule has 1 atom stereocenters. The maximum Gasteiger partial charge on any atom is 0.103 e. The lowest BCUT2D eigenvalue weighted by molar-refractivity contribution is 0.320. The third-order valence-corrected chi connectivity index (χ3v) is 3.46. The van der Waals surface area contributed by atoms with Crippen molar-refractivity contribution in [1.29, 1.82) is 5.41 Å². The van der Waals surface area contributed by atoms with Crippen molar-refractivity contribution in [3.8, 4) is 0 Å². The van der Waals surface area contributed by atoms with Gasteiger partial charge in [-0.15, -0.1) is 0 Å². The molecule has 98 valence electrons. The summed E-state index contributed by atoms with van der Waals surface area (Å²) in [5.74, 6) is 0.598. The minimum atomic E-state index is 0.339. The molecule has 0 radical (unpaired) electrons. The van der Waals surface area contributed by atoms with Gasteiger partial charge in [0.05, 0.1) is 23.7 Å². The van der Waals surface area contributed by atoms with Gasteiger partial charge < -0.3 is 20.9 Å². The van der Waals surface area contributed by atoms with Gasteiger partial charge in [-0.2, -0.15) is 0 Å². The first kappa shape index (κ1) is 12.7. The van der Waals surface area contributed by atoms with Crippen molar-refractivity contribution in [1.82, 2.24) is 4.90 Å². The summed E-state index contributed by atoms with van der Waals surface area (Å²) in [6.45, 7) is 2.75. The Bertz CT molecular complexity index is 455. The topological polar surface area (TPSA) is 68.4 Å². The van der Waals surface area contributed by atoms with Crippen molar-refractivity contribution in [2.45, 2.75) is 19.4 Å². The van der Waals surface area contributed by atoms with Crippen LogP contribution in [0.3, 0.4) is 0 Å². The van der Waals surface area contributed by atoms with Crippen LogP contribution >= 0.6 is 0 Å². The van der Waals surface area contributed by atoms with Gasteiger partial charge in [-0.05, 0) is 33.2 Å². The number of amidine groups is 1. The van der Waals surface area contributed by atoms with Crippen molar-refractivity contribution in [3.63, 3.8) is 0 Å². The zero-order chi connectivity index (χ0) is 13.3. The van der Waals surface area contributed by atoms with Crippen LogP contribution in [0.4, 0.5) is 17.1 Å². The highest BCUT2D eigenvalue weighted by atomic mass is 15.3. The number of hydrogen-bond donors (Lipinski definition) is 3. The summed E-state index contributed by atoms with van der Waals surface area (Å²) in [6, 6.07) is 6.14. The van der Waals surface area contributed by atoms with Crippen molar-refractivity contribution in [2.24, 2.45) is 0 Å². The average Bonchev–Trinajstić information content (AvgIpc) is 2.74. The third-order valence-electron chi connectivity index (χ3n) is 3.46. The molecule has 1 aliphatic rings. The van der Waals surface area contributed by atoms with Crippen LogP contribution in [-0.4, -0.2) is 37.5 Å². The predicted molar refractivity (Wildman–Crippen MR) is 77.3 cm³/mol. The fraction of sp³-hybridized carbons (Fsp3) is 0.462. The highest BCUT2D eigenvalue weighted by molar-refractivity contribution is 6.04. The molecule has 1 aliphatic heterocycles. The molecule has 0 saturated heterocycles. The molecule has 1 heterocycles. The van der Waals surface area contributed by atoms with E-state index in [-0.39, 0.29) is 0 Å². The van der Waals surface area contributed by atoms with Crippen LogP contribution in [0.2, 0.25) is 0 Å². The molecule has 0 spiro atoms. The van der Waals surface area contributed by atoms with E-state index in [0.717, 1.165) is 17.1 Å². The molecule has 5 nitrogen and oxygen atoms in total. The van der Waals surface area contributed by atoms with E-state index in [0.29, 0.717) is 25.0 Å². The summed E-state index contributed by atoms with van der Waals surface area (Å²) in [5.41, 5.74) is 8.67. The van der Waals surface area contributed by atoms with E-state index in [9.17, 15) is 0 Å². The zero-order valence-electron chi connectivity index (χ0n) is 11.2. The highest BCUT2D eigenvalue weighted by Gasteiger charge is 2.25. The molecule has 5 heteroatoms. The van der Waals surface area contributed by atoms with Gasteiger partial charge in [0.25, 0.3) is 0 Å². The largest absolute Gasteiger partial charge is 0.397 e. The highest BCUT2D eigenvalue weighted by Crippen LogP contribution is 2.36. The third kappa shape index (κ3) is 2.26. The standard InChI is InChI=1S/C13H21N5/c1-9(17(2)3)7-12(15)18-8-16-11-6-4-5-10(14)13(11)18/h4-6,9,15-16H,7-8,14H2,1-3H3/t9-/m0/s1. The number of anilines is 3. The van der Waals surface area contributed by atoms with Crippen LogP contribution < -0.4 is 16.0 Å². The average molecular weight is 247 g/mol. The Morgan fingerprint density at radius 3 is 2.94 bits per heavy atom. The van der Waals surface area contributed by atoms with Gasteiger partial charge in [-0.25, -0.2) is 0 Å². The van der Waals surface area contributed by atoms with Crippen LogP contribution in [0, 0.1) is 5.41 Å². The smallest absolute Gasteiger partial charge is 0.103 e. The van der Waals surface area contributed by atoms with Gasteiger partial charge in [0.1, 0.15) is 5.84 Å². The number of benzene rings is 1. The first-order valence-electron chi connectivity index (χ1n) is 6.14. The van der Waals surface area contributed by atoms with Crippen LogP contribution in [-0.2, 0) is 0 Å². The Kier molecular flexibility index (Phi) is 3.43. The Balaban J connectivity index is 2.16. The summed E-state index contributed by atoms with van der Waals surface area (Å²) in [7, 11) is 4.06. The summed E-state index contributed by atoms with van der Waals surface area (Å²) >= 11 is 0. The second-order valence-corrected chi connectivity index (χ2v) is 4.97. The number of nitrogens with zero attached hydrogens (tertiary/aromatic N) is 2. The van der Waals surface area contributed by atoms with E-state index in [1.165, 1.54) is 0 Å². The minimum absolute atomic E-state index is 0.339. The number of nitrogen functional groups attached to an aromatic ring is 1. The normalized spacial score (nSPS) is 15.4. The first-order chi connectivity index (χ1) is 8.50. The van der Waals surface area contributed by atoms with Crippen LogP contribution in [0.5, 0.6) is 0 Å². The quantitative estimate of drug-likeness (QED) is 0.432. The lowest BCUT2D eigenvalue weighted by Crippen LogP contribution is -2.36. The molecule has 1 aromatic rings. The summed E-state index contributed by atoms with van der Waals surface area (Å²) in [6.07, 6.45) is 0.711. The zero-order valence-corrected chi connectivity index (χ0v) is 11.2. The monoisotopic (exact) mass is 247 g/mol. The van der Waals surface area contributed by atoms with Gasteiger partial charge >= 0.3 is 0 Å². The van der Waals surface area contributed by atoms with Gasteiger partial charge in [-0.3, -0.25) is 5.41 Å². The molecule has 18 heavy (non-hydrogen) atoms. The number of hydrogen-bond acceptors (Lipinski definition) is 4. The number of nitrogens with one attached hydrogen (secondary N) is 2.